The summed E-state index contributed by atoms with van der Waals surface area (Å²) in [5.41, 5.74) is 1.31. The highest BCUT2D eigenvalue weighted by atomic mass is 16.6. The maximum atomic E-state index is 12.4. The predicted octanol–water partition coefficient (Wildman–Crippen LogP) is 3.14. The molecule has 1 amide bonds. The van der Waals surface area contributed by atoms with Crippen LogP contribution in [0, 0.1) is 0 Å². The van der Waals surface area contributed by atoms with Crippen LogP contribution in [-0.4, -0.2) is 11.9 Å². The number of hydrogen-bond donors (Lipinski definition) is 1. The molecule has 0 aromatic heterocycles. The van der Waals surface area contributed by atoms with E-state index in [0.717, 1.165) is 24.0 Å². The van der Waals surface area contributed by atoms with Crippen molar-refractivity contribution in [3.63, 3.8) is 0 Å². The summed E-state index contributed by atoms with van der Waals surface area (Å²) in [4.78, 5) is 23.8. The topological polar surface area (TPSA) is 55.4 Å². The van der Waals surface area contributed by atoms with Crippen LogP contribution in [0.1, 0.15) is 38.7 Å². The molecule has 0 aliphatic carbocycles. The van der Waals surface area contributed by atoms with Gasteiger partial charge in [0.05, 0.1) is 0 Å². The van der Waals surface area contributed by atoms with E-state index in [1.165, 1.54) is 6.92 Å². The molecule has 1 N–H and O–H groups in total. The Morgan fingerprint density at radius 1 is 1.35 bits per heavy atom. The smallest absolute Gasteiger partial charge is 0.304 e. The van der Waals surface area contributed by atoms with Crippen LogP contribution < -0.4 is 5.32 Å². The van der Waals surface area contributed by atoms with E-state index in [0.29, 0.717) is 12.1 Å². The molecule has 1 aromatic carbocycles. The van der Waals surface area contributed by atoms with Crippen molar-refractivity contribution in [3.8, 4) is 0 Å². The van der Waals surface area contributed by atoms with Crippen molar-refractivity contribution >= 4 is 17.6 Å². The first-order valence-electron chi connectivity index (χ1n) is 6.70. The average molecular weight is 273 g/mol. The number of amides is 1. The van der Waals surface area contributed by atoms with Crippen LogP contribution in [0.5, 0.6) is 0 Å². The summed E-state index contributed by atoms with van der Waals surface area (Å²) in [7, 11) is 0. The number of benzene rings is 1. The van der Waals surface area contributed by atoms with Crippen molar-refractivity contribution in [3.05, 3.63) is 42.0 Å². The van der Waals surface area contributed by atoms with E-state index in [1.807, 2.05) is 31.2 Å². The molecule has 2 rings (SSSR count). The van der Waals surface area contributed by atoms with Crippen molar-refractivity contribution in [2.24, 2.45) is 0 Å². The summed E-state index contributed by atoms with van der Waals surface area (Å²) in [5.74, 6) is -0.720. The zero-order chi connectivity index (χ0) is 14.8. The van der Waals surface area contributed by atoms with Gasteiger partial charge in [-0.3, -0.25) is 9.59 Å². The zero-order valence-electron chi connectivity index (χ0n) is 11.9. The number of anilines is 1. The lowest BCUT2D eigenvalue weighted by Gasteiger charge is -2.27. The second-order valence-electron chi connectivity index (χ2n) is 5.23. The fourth-order valence-corrected chi connectivity index (χ4v) is 2.57. The highest BCUT2D eigenvalue weighted by molar-refractivity contribution is 6.06. The molecule has 0 radical (unpaired) electrons. The third-order valence-corrected chi connectivity index (χ3v) is 3.43. The van der Waals surface area contributed by atoms with Gasteiger partial charge in [0.2, 0.25) is 5.60 Å². The molecular weight excluding hydrogens is 254 g/mol. The van der Waals surface area contributed by atoms with Crippen LogP contribution in [0.4, 0.5) is 5.69 Å². The van der Waals surface area contributed by atoms with Gasteiger partial charge in [0, 0.05) is 24.6 Å². The van der Waals surface area contributed by atoms with E-state index < -0.39 is 11.6 Å². The van der Waals surface area contributed by atoms with Gasteiger partial charge in [-0.25, -0.2) is 0 Å². The van der Waals surface area contributed by atoms with Gasteiger partial charge in [0.15, 0.2) is 0 Å². The van der Waals surface area contributed by atoms with E-state index >= 15 is 0 Å². The Bertz CT molecular complexity index is 565. The molecule has 0 bridgehead atoms. The molecule has 106 valence electrons. The van der Waals surface area contributed by atoms with E-state index in [9.17, 15) is 9.59 Å². The molecule has 4 nitrogen and oxygen atoms in total. The van der Waals surface area contributed by atoms with Crippen LogP contribution in [0.2, 0.25) is 0 Å². The maximum absolute atomic E-state index is 12.4. The molecule has 0 saturated heterocycles. The number of ether oxygens (including phenoxy) is 1. The number of carbonyl (C=O) groups excluding carboxylic acids is 2. The lowest BCUT2D eigenvalue weighted by atomic mass is 9.89. The van der Waals surface area contributed by atoms with Crippen LogP contribution in [0.25, 0.3) is 0 Å². The van der Waals surface area contributed by atoms with Gasteiger partial charge < -0.3 is 10.1 Å². The van der Waals surface area contributed by atoms with E-state index in [4.69, 9.17) is 4.74 Å². The molecule has 1 atom stereocenters. The second-order valence-corrected chi connectivity index (χ2v) is 5.23. The number of carbonyl (C=O) groups is 2. The molecule has 1 aliphatic rings. The Morgan fingerprint density at radius 3 is 2.70 bits per heavy atom. The fourth-order valence-electron chi connectivity index (χ4n) is 2.57. The van der Waals surface area contributed by atoms with Gasteiger partial charge in [-0.1, -0.05) is 23.8 Å². The normalized spacial score (nSPS) is 20.2. The third-order valence-electron chi connectivity index (χ3n) is 3.43. The summed E-state index contributed by atoms with van der Waals surface area (Å²) < 4.78 is 5.44. The number of para-hydroxylation sites is 1. The van der Waals surface area contributed by atoms with Gasteiger partial charge >= 0.3 is 5.97 Å². The summed E-state index contributed by atoms with van der Waals surface area (Å²) in [6.45, 7) is 7.13. The van der Waals surface area contributed by atoms with Gasteiger partial charge in [0.1, 0.15) is 0 Å². The minimum atomic E-state index is -1.20. The van der Waals surface area contributed by atoms with E-state index in [-0.39, 0.29) is 5.91 Å². The first kappa shape index (κ1) is 14.3. The average Bonchev–Trinajstić information content (AvgIpc) is 2.62. The van der Waals surface area contributed by atoms with Gasteiger partial charge in [-0.2, -0.15) is 0 Å². The van der Waals surface area contributed by atoms with Crippen molar-refractivity contribution < 1.29 is 14.3 Å². The quantitative estimate of drug-likeness (QED) is 0.662. The minimum absolute atomic E-state index is 0.268. The Labute approximate surface area is 118 Å². The largest absolute Gasteiger partial charge is 0.444 e. The Morgan fingerprint density at radius 2 is 2.05 bits per heavy atom. The second kappa shape index (κ2) is 5.49. The molecule has 1 unspecified atom stereocenters. The van der Waals surface area contributed by atoms with E-state index in [2.05, 4.69) is 11.9 Å². The number of rotatable bonds is 5. The van der Waals surface area contributed by atoms with E-state index in [1.54, 1.807) is 0 Å². The minimum Gasteiger partial charge on any atom is -0.444 e. The summed E-state index contributed by atoms with van der Waals surface area (Å²) in [6.07, 6.45) is 2.01. The number of esters is 1. The van der Waals surface area contributed by atoms with Crippen LogP contribution in [0.3, 0.4) is 0 Å². The third kappa shape index (κ3) is 2.59. The lowest BCUT2D eigenvalue weighted by Crippen LogP contribution is -2.38. The van der Waals surface area contributed by atoms with Gasteiger partial charge in [-0.05, 0) is 25.8 Å². The maximum Gasteiger partial charge on any atom is 0.304 e. The number of allylic oxidation sites excluding steroid dienone is 1. The molecule has 4 heteroatoms. The first-order chi connectivity index (χ1) is 9.45. The van der Waals surface area contributed by atoms with Gasteiger partial charge in [-0.15, -0.1) is 6.58 Å². The molecule has 1 aromatic rings. The number of hydrogen-bond acceptors (Lipinski definition) is 3. The molecule has 1 aliphatic heterocycles. The van der Waals surface area contributed by atoms with Crippen LogP contribution in [0.15, 0.2) is 36.4 Å². The Balaban J connectivity index is 2.34. The molecule has 0 fully saturated rings. The summed E-state index contributed by atoms with van der Waals surface area (Å²) >= 11 is 0. The molecular formula is C16H19NO3. The van der Waals surface area contributed by atoms with Crippen molar-refractivity contribution in [1.82, 2.24) is 0 Å². The van der Waals surface area contributed by atoms with Crippen LogP contribution in [-0.2, 0) is 19.9 Å². The number of nitrogens with one attached hydrogen (secondary N) is 1. The van der Waals surface area contributed by atoms with Crippen molar-refractivity contribution in [2.75, 3.05) is 5.32 Å². The lowest BCUT2D eigenvalue weighted by molar-refractivity contribution is -0.165. The first-order valence-corrected chi connectivity index (χ1v) is 6.70. The summed E-state index contributed by atoms with van der Waals surface area (Å²) in [6, 6.07) is 7.33. The predicted molar refractivity (Wildman–Crippen MR) is 77.2 cm³/mol. The highest BCUT2D eigenvalue weighted by Gasteiger charge is 2.49. The number of fused-ring (bicyclic) bond motifs is 1. The zero-order valence-corrected chi connectivity index (χ0v) is 11.9. The highest BCUT2D eigenvalue weighted by Crippen LogP contribution is 2.42. The SMILES string of the molecule is C=C(C)CCCC1(OC(C)=O)C(=O)Nc2ccccc21. The molecule has 0 spiro atoms. The molecule has 1 heterocycles. The monoisotopic (exact) mass is 273 g/mol. The molecule has 20 heavy (non-hydrogen) atoms. The summed E-state index contributed by atoms with van der Waals surface area (Å²) in [5, 5.41) is 2.79. The standard InChI is InChI=1S/C16H19NO3/c1-11(2)7-6-10-16(20-12(3)18)13-8-4-5-9-14(13)17-15(16)19/h4-5,8-9H,1,6-7,10H2,2-3H3,(H,17,19). The molecule has 0 saturated carbocycles. The Hall–Kier alpha value is -2.10. The van der Waals surface area contributed by atoms with Gasteiger partial charge in [0.25, 0.3) is 5.91 Å². The van der Waals surface area contributed by atoms with Crippen LogP contribution >= 0.6 is 0 Å². The Kier molecular flexibility index (Phi) is 3.93. The van der Waals surface area contributed by atoms with Crippen molar-refractivity contribution in [2.45, 2.75) is 38.7 Å². The van der Waals surface area contributed by atoms with Crippen molar-refractivity contribution in [1.29, 1.82) is 0 Å². The fraction of sp³-hybridized carbons (Fsp3) is 0.375.